The lowest BCUT2D eigenvalue weighted by Crippen LogP contribution is -2.42. The van der Waals surface area contributed by atoms with Crippen LogP contribution in [-0.2, 0) is 0 Å². The third-order valence-electron chi connectivity index (χ3n) is 5.99. The van der Waals surface area contributed by atoms with Crippen molar-refractivity contribution in [1.29, 1.82) is 0 Å². The number of hydrogen-bond acceptors (Lipinski definition) is 9. The molecule has 4 heterocycles. The molecule has 2 atom stereocenters. The third-order valence-corrected chi connectivity index (χ3v) is 6.84. The molecule has 0 radical (unpaired) electrons. The van der Waals surface area contributed by atoms with Crippen molar-refractivity contribution in [2.45, 2.75) is 38.2 Å². The SMILES string of the molecule is Cc1nsc(NC2=NCC(C(F)(F)F)N=C2)c1C(=O)Nc1ccc(OCC2CCCN(CC(F)(F)F)C2)nc1. The van der Waals surface area contributed by atoms with Crippen molar-refractivity contribution in [3.63, 3.8) is 0 Å². The highest BCUT2D eigenvalue weighted by Gasteiger charge is 2.40. The molecule has 2 aromatic heterocycles. The van der Waals surface area contributed by atoms with Gasteiger partial charge in [-0.3, -0.25) is 19.7 Å². The summed E-state index contributed by atoms with van der Waals surface area (Å²) in [5.41, 5.74) is 0.944. The molecule has 2 aliphatic rings. The number of likely N-dealkylation sites (tertiary alicyclic amines) is 1. The van der Waals surface area contributed by atoms with Crippen LogP contribution in [0.4, 0.5) is 37.0 Å². The van der Waals surface area contributed by atoms with E-state index < -0.39 is 37.4 Å². The number of rotatable bonds is 7. The topological polar surface area (TPSA) is 104 Å². The molecule has 212 valence electrons. The lowest BCUT2D eigenvalue weighted by molar-refractivity contribution is -0.150. The first-order valence-corrected chi connectivity index (χ1v) is 12.7. The van der Waals surface area contributed by atoms with E-state index in [9.17, 15) is 31.1 Å². The van der Waals surface area contributed by atoms with Crippen molar-refractivity contribution in [3.05, 3.63) is 29.6 Å². The van der Waals surface area contributed by atoms with Crippen LogP contribution in [0.15, 0.2) is 28.3 Å². The number of amides is 1. The maximum Gasteiger partial charge on any atom is 0.412 e. The highest BCUT2D eigenvalue weighted by molar-refractivity contribution is 7.11. The summed E-state index contributed by atoms with van der Waals surface area (Å²) in [7, 11) is 0. The number of amidine groups is 1. The fraction of sp³-hybridized carbons (Fsp3) is 0.522. The molecule has 0 saturated carbocycles. The molecule has 9 nitrogen and oxygen atoms in total. The number of aliphatic imine (C=N–C) groups is 2. The van der Waals surface area contributed by atoms with Gasteiger partial charge in [-0.25, -0.2) is 4.98 Å². The van der Waals surface area contributed by atoms with Gasteiger partial charge in [0.05, 0.1) is 49.1 Å². The Labute approximate surface area is 223 Å². The number of pyridine rings is 1. The zero-order valence-corrected chi connectivity index (χ0v) is 21.5. The number of aromatic nitrogens is 2. The number of carbonyl (C=O) groups is 1. The van der Waals surface area contributed by atoms with Gasteiger partial charge in [0.2, 0.25) is 5.88 Å². The van der Waals surface area contributed by atoms with Gasteiger partial charge in [-0.2, -0.15) is 30.7 Å². The summed E-state index contributed by atoms with van der Waals surface area (Å²) in [6.07, 6.45) is -4.96. The molecule has 0 bridgehead atoms. The second-order valence-electron chi connectivity index (χ2n) is 9.17. The van der Waals surface area contributed by atoms with E-state index in [2.05, 4.69) is 30.0 Å². The molecule has 2 N–H and O–H groups in total. The number of nitrogens with zero attached hydrogens (tertiary/aromatic N) is 5. The van der Waals surface area contributed by atoms with E-state index in [1.807, 2.05) is 0 Å². The molecule has 1 fully saturated rings. The Morgan fingerprint density at radius 2 is 2.03 bits per heavy atom. The largest absolute Gasteiger partial charge is 0.477 e. The monoisotopic (exact) mass is 577 g/mol. The quantitative estimate of drug-likeness (QED) is 0.467. The number of halogens is 6. The van der Waals surface area contributed by atoms with Crippen molar-refractivity contribution in [3.8, 4) is 5.88 Å². The summed E-state index contributed by atoms with van der Waals surface area (Å²) in [4.78, 5) is 25.8. The van der Waals surface area contributed by atoms with Gasteiger partial charge in [0.15, 0.2) is 6.04 Å². The minimum absolute atomic E-state index is 0.0552. The molecule has 0 spiro atoms. The molecular formula is C23H25F6N7O2S. The Morgan fingerprint density at radius 1 is 1.23 bits per heavy atom. The van der Waals surface area contributed by atoms with E-state index in [1.165, 1.54) is 17.2 Å². The smallest absolute Gasteiger partial charge is 0.412 e. The highest BCUT2D eigenvalue weighted by Crippen LogP contribution is 2.28. The molecule has 1 saturated heterocycles. The fourth-order valence-electron chi connectivity index (χ4n) is 4.15. The van der Waals surface area contributed by atoms with E-state index in [4.69, 9.17) is 4.74 Å². The van der Waals surface area contributed by atoms with Crippen LogP contribution in [0.5, 0.6) is 5.88 Å². The lowest BCUT2D eigenvalue weighted by Gasteiger charge is -2.32. The minimum atomic E-state index is -4.49. The van der Waals surface area contributed by atoms with Gasteiger partial charge in [0.25, 0.3) is 5.91 Å². The number of aryl methyl sites for hydroxylation is 1. The molecule has 0 aliphatic carbocycles. The maximum atomic E-state index is 12.9. The summed E-state index contributed by atoms with van der Waals surface area (Å²) in [5.74, 6) is -0.229. The van der Waals surface area contributed by atoms with Crippen LogP contribution >= 0.6 is 11.5 Å². The second kappa shape index (κ2) is 11.9. The van der Waals surface area contributed by atoms with E-state index in [1.54, 1.807) is 13.0 Å². The summed E-state index contributed by atoms with van der Waals surface area (Å²) in [5, 5.41) is 5.78. The fourth-order valence-corrected chi connectivity index (χ4v) is 4.95. The van der Waals surface area contributed by atoms with Crippen molar-refractivity contribution in [1.82, 2.24) is 14.3 Å². The number of piperidine rings is 1. The second-order valence-corrected chi connectivity index (χ2v) is 9.94. The summed E-state index contributed by atoms with van der Waals surface area (Å²) in [6, 6.07) is 1.20. The first-order valence-electron chi connectivity index (χ1n) is 11.9. The molecule has 2 unspecified atom stereocenters. The van der Waals surface area contributed by atoms with Crippen LogP contribution in [0.1, 0.15) is 28.9 Å². The van der Waals surface area contributed by atoms with E-state index in [0.29, 0.717) is 35.9 Å². The lowest BCUT2D eigenvalue weighted by atomic mass is 9.99. The molecule has 2 aromatic rings. The number of carbonyl (C=O) groups excluding carboxylic acids is 1. The van der Waals surface area contributed by atoms with E-state index in [0.717, 1.165) is 24.2 Å². The molecule has 4 rings (SSSR count). The summed E-state index contributed by atoms with van der Waals surface area (Å²) in [6.45, 7) is 1.03. The maximum absolute atomic E-state index is 12.9. The highest BCUT2D eigenvalue weighted by atomic mass is 32.1. The molecule has 2 aliphatic heterocycles. The van der Waals surface area contributed by atoms with E-state index in [-0.39, 0.29) is 29.8 Å². The standard InChI is InChI=1S/C23H25F6N7O2S/c1-13-19(21(39-35-13)34-17-9-30-16(8-31-17)23(27,28)29)20(37)33-15-4-5-18(32-7-15)38-11-14-3-2-6-36(10-14)12-22(24,25)26/h4-5,7,9,14,16H,2-3,6,8,10-12H2,1H3,(H,31,34)(H,33,37). The Hall–Kier alpha value is -3.27. The van der Waals surface area contributed by atoms with Crippen molar-refractivity contribution < 1.29 is 35.9 Å². The van der Waals surface area contributed by atoms with Crippen molar-refractivity contribution in [2.24, 2.45) is 15.9 Å². The average molecular weight is 578 g/mol. The van der Waals surface area contributed by atoms with Gasteiger partial charge in [0, 0.05) is 18.5 Å². The number of ether oxygens (including phenoxy) is 1. The number of hydrogen-bond donors (Lipinski definition) is 2. The molecular weight excluding hydrogens is 552 g/mol. The number of nitrogens with one attached hydrogen (secondary N) is 2. The first-order chi connectivity index (χ1) is 18.4. The Morgan fingerprint density at radius 3 is 2.67 bits per heavy atom. The van der Waals surface area contributed by atoms with Crippen LogP contribution in [0.2, 0.25) is 0 Å². The van der Waals surface area contributed by atoms with Crippen LogP contribution in [0.25, 0.3) is 0 Å². The van der Waals surface area contributed by atoms with Crippen molar-refractivity contribution >= 4 is 40.2 Å². The van der Waals surface area contributed by atoms with Crippen molar-refractivity contribution in [2.75, 3.05) is 43.4 Å². The number of anilines is 2. The normalized spacial score (nSPS) is 20.4. The minimum Gasteiger partial charge on any atom is -0.477 e. The molecule has 1 amide bonds. The predicted octanol–water partition coefficient (Wildman–Crippen LogP) is 4.58. The predicted molar refractivity (Wildman–Crippen MR) is 134 cm³/mol. The number of alkyl halides is 6. The Balaban J connectivity index is 1.30. The van der Waals surface area contributed by atoms with Gasteiger partial charge in [-0.15, -0.1) is 0 Å². The molecule has 39 heavy (non-hydrogen) atoms. The average Bonchev–Trinajstić information content (AvgIpc) is 3.22. The van der Waals surface area contributed by atoms with Crippen LogP contribution in [0.3, 0.4) is 0 Å². The van der Waals surface area contributed by atoms with Gasteiger partial charge >= 0.3 is 12.4 Å². The zero-order valence-electron chi connectivity index (χ0n) is 20.6. The van der Waals surface area contributed by atoms with Crippen LogP contribution < -0.4 is 15.4 Å². The Kier molecular flexibility index (Phi) is 8.73. The van der Waals surface area contributed by atoms with Crippen LogP contribution in [-0.4, -0.2) is 83.4 Å². The van der Waals surface area contributed by atoms with Gasteiger partial charge in [0.1, 0.15) is 10.8 Å². The first kappa shape index (κ1) is 28.7. The third kappa shape index (κ3) is 8.11. The van der Waals surface area contributed by atoms with Gasteiger partial charge in [-0.05, 0) is 43.9 Å². The van der Waals surface area contributed by atoms with Gasteiger partial charge < -0.3 is 15.4 Å². The molecule has 0 aromatic carbocycles. The molecule has 16 heteroatoms. The summed E-state index contributed by atoms with van der Waals surface area (Å²) >= 11 is 0.952. The van der Waals surface area contributed by atoms with Gasteiger partial charge in [-0.1, -0.05) is 0 Å². The Bertz CT molecular complexity index is 1210. The van der Waals surface area contributed by atoms with Crippen LogP contribution in [0, 0.1) is 12.8 Å². The summed E-state index contributed by atoms with van der Waals surface area (Å²) < 4.78 is 86.2. The zero-order chi connectivity index (χ0) is 28.2. The van der Waals surface area contributed by atoms with E-state index >= 15 is 0 Å².